The molecule has 0 saturated heterocycles. The molecular weight excluding hydrogens is 258 g/mol. The SMILES string of the molecule is C#CC(O)(c1cccnc1)C(CCl)c1ccccc1. The normalized spacial score (nSPS) is 15.2. The molecule has 1 aromatic carbocycles. The van der Waals surface area contributed by atoms with Gasteiger partial charge < -0.3 is 5.11 Å². The topological polar surface area (TPSA) is 33.1 Å². The average molecular weight is 272 g/mol. The Balaban J connectivity index is 2.49. The van der Waals surface area contributed by atoms with Gasteiger partial charge in [0.05, 0.1) is 0 Å². The van der Waals surface area contributed by atoms with Crippen LogP contribution in [-0.2, 0) is 5.60 Å². The summed E-state index contributed by atoms with van der Waals surface area (Å²) < 4.78 is 0. The molecule has 1 heterocycles. The molecule has 0 saturated carbocycles. The molecule has 1 N–H and O–H groups in total. The molecule has 0 fully saturated rings. The van der Waals surface area contributed by atoms with E-state index in [9.17, 15) is 5.11 Å². The number of alkyl halides is 1. The third kappa shape index (κ3) is 2.63. The molecular formula is C16H14ClNO. The maximum atomic E-state index is 10.8. The number of hydrogen-bond acceptors (Lipinski definition) is 2. The first-order chi connectivity index (χ1) is 9.22. The Labute approximate surface area is 118 Å². The number of aliphatic hydroxyl groups is 1. The lowest BCUT2D eigenvalue weighted by molar-refractivity contribution is 0.0755. The summed E-state index contributed by atoms with van der Waals surface area (Å²) in [4.78, 5) is 4.01. The zero-order valence-electron chi connectivity index (χ0n) is 10.3. The first-order valence-corrected chi connectivity index (χ1v) is 6.47. The lowest BCUT2D eigenvalue weighted by atomic mass is 9.79. The standard InChI is InChI=1S/C16H14ClNO/c1-2-16(19,14-9-6-10-18-12-14)15(11-17)13-7-4-3-5-8-13/h1,3-10,12,15,19H,11H2. The van der Waals surface area contributed by atoms with E-state index in [1.54, 1.807) is 24.5 Å². The highest BCUT2D eigenvalue weighted by molar-refractivity contribution is 6.18. The minimum absolute atomic E-state index is 0.222. The molecule has 2 nitrogen and oxygen atoms in total. The van der Waals surface area contributed by atoms with Crippen LogP contribution in [0.15, 0.2) is 54.9 Å². The number of aromatic nitrogens is 1. The molecule has 0 spiro atoms. The van der Waals surface area contributed by atoms with Gasteiger partial charge in [0.1, 0.15) is 0 Å². The van der Waals surface area contributed by atoms with Crippen molar-refractivity contribution in [2.45, 2.75) is 11.5 Å². The zero-order valence-corrected chi connectivity index (χ0v) is 11.1. The minimum atomic E-state index is -1.46. The van der Waals surface area contributed by atoms with Crippen molar-refractivity contribution in [1.29, 1.82) is 0 Å². The molecule has 0 aliphatic rings. The van der Waals surface area contributed by atoms with Crippen molar-refractivity contribution in [3.63, 3.8) is 0 Å². The van der Waals surface area contributed by atoms with E-state index in [1.165, 1.54) is 0 Å². The van der Waals surface area contributed by atoms with E-state index in [-0.39, 0.29) is 11.8 Å². The van der Waals surface area contributed by atoms with E-state index in [4.69, 9.17) is 18.0 Å². The fourth-order valence-electron chi connectivity index (χ4n) is 2.10. The zero-order chi connectivity index (χ0) is 13.7. The second-order valence-corrected chi connectivity index (χ2v) is 4.58. The van der Waals surface area contributed by atoms with Crippen molar-refractivity contribution in [3.05, 3.63) is 66.0 Å². The number of terminal acetylenes is 1. The van der Waals surface area contributed by atoms with Crippen LogP contribution in [0.5, 0.6) is 0 Å². The molecule has 0 aliphatic carbocycles. The van der Waals surface area contributed by atoms with Crippen LogP contribution in [0.1, 0.15) is 17.0 Å². The monoisotopic (exact) mass is 271 g/mol. The Morgan fingerprint density at radius 1 is 1.26 bits per heavy atom. The molecule has 0 bridgehead atoms. The molecule has 2 unspecified atom stereocenters. The quantitative estimate of drug-likeness (QED) is 0.685. The van der Waals surface area contributed by atoms with Gasteiger partial charge in [-0.25, -0.2) is 0 Å². The van der Waals surface area contributed by atoms with Crippen LogP contribution >= 0.6 is 11.6 Å². The predicted octanol–water partition coefficient (Wildman–Crippen LogP) is 2.93. The summed E-state index contributed by atoms with van der Waals surface area (Å²) in [6.45, 7) is 0. The highest BCUT2D eigenvalue weighted by Crippen LogP contribution is 2.37. The van der Waals surface area contributed by atoms with E-state index >= 15 is 0 Å². The van der Waals surface area contributed by atoms with Gasteiger partial charge in [-0.1, -0.05) is 42.3 Å². The lowest BCUT2D eigenvalue weighted by Crippen LogP contribution is -2.33. The summed E-state index contributed by atoms with van der Waals surface area (Å²) in [6.07, 6.45) is 8.78. The Bertz CT molecular complexity index is 564. The summed E-state index contributed by atoms with van der Waals surface area (Å²) in [5, 5.41) is 10.8. The van der Waals surface area contributed by atoms with E-state index in [0.29, 0.717) is 5.56 Å². The van der Waals surface area contributed by atoms with E-state index in [0.717, 1.165) is 5.56 Å². The smallest absolute Gasteiger partial charge is 0.160 e. The maximum absolute atomic E-state index is 10.8. The molecule has 19 heavy (non-hydrogen) atoms. The first-order valence-electron chi connectivity index (χ1n) is 5.94. The summed E-state index contributed by atoms with van der Waals surface area (Å²) >= 11 is 6.04. The van der Waals surface area contributed by atoms with Gasteiger partial charge in [0.2, 0.25) is 0 Å². The van der Waals surface area contributed by atoms with Crippen molar-refractivity contribution < 1.29 is 5.11 Å². The number of pyridine rings is 1. The number of nitrogens with zero attached hydrogens (tertiary/aromatic N) is 1. The highest BCUT2D eigenvalue weighted by Gasteiger charge is 2.37. The van der Waals surface area contributed by atoms with Crippen LogP contribution in [0.2, 0.25) is 0 Å². The molecule has 96 valence electrons. The van der Waals surface area contributed by atoms with Gasteiger partial charge in [-0.05, 0) is 11.6 Å². The number of hydrogen-bond donors (Lipinski definition) is 1. The summed E-state index contributed by atoms with van der Waals surface area (Å²) in [6, 6.07) is 13.0. The van der Waals surface area contributed by atoms with Gasteiger partial charge in [0.25, 0.3) is 0 Å². The van der Waals surface area contributed by atoms with Crippen LogP contribution in [-0.4, -0.2) is 16.0 Å². The Morgan fingerprint density at radius 3 is 2.53 bits per heavy atom. The first kappa shape index (κ1) is 13.6. The fraction of sp³-hybridized carbons (Fsp3) is 0.188. The van der Waals surface area contributed by atoms with E-state index in [1.807, 2.05) is 30.3 Å². The molecule has 2 aromatic rings. The minimum Gasteiger partial charge on any atom is -0.373 e. The van der Waals surface area contributed by atoms with E-state index < -0.39 is 5.60 Å². The van der Waals surface area contributed by atoms with Gasteiger partial charge in [0.15, 0.2) is 5.60 Å². The van der Waals surface area contributed by atoms with Gasteiger partial charge in [-0.2, -0.15) is 0 Å². The number of rotatable bonds is 4. The summed E-state index contributed by atoms with van der Waals surface area (Å²) in [7, 11) is 0. The Morgan fingerprint density at radius 2 is 2.00 bits per heavy atom. The Kier molecular flexibility index (Phi) is 4.21. The van der Waals surface area contributed by atoms with Gasteiger partial charge in [0, 0.05) is 29.8 Å². The molecule has 0 radical (unpaired) electrons. The average Bonchev–Trinajstić information content (AvgIpc) is 2.49. The van der Waals surface area contributed by atoms with Crippen LogP contribution in [0.4, 0.5) is 0 Å². The third-order valence-corrected chi connectivity index (χ3v) is 3.49. The maximum Gasteiger partial charge on any atom is 0.160 e. The molecule has 0 aliphatic heterocycles. The second-order valence-electron chi connectivity index (χ2n) is 4.27. The number of halogens is 1. The van der Waals surface area contributed by atoms with Crippen LogP contribution in [0, 0.1) is 12.3 Å². The van der Waals surface area contributed by atoms with Gasteiger partial charge in [-0.3, -0.25) is 4.98 Å². The van der Waals surface area contributed by atoms with Crippen molar-refractivity contribution in [2.24, 2.45) is 0 Å². The largest absolute Gasteiger partial charge is 0.373 e. The summed E-state index contributed by atoms with van der Waals surface area (Å²) in [5.74, 6) is 2.31. The highest BCUT2D eigenvalue weighted by atomic mass is 35.5. The predicted molar refractivity (Wildman–Crippen MR) is 76.9 cm³/mol. The second kappa shape index (κ2) is 5.88. The lowest BCUT2D eigenvalue weighted by Gasteiger charge is -2.31. The fourth-order valence-corrected chi connectivity index (χ4v) is 2.50. The van der Waals surface area contributed by atoms with Crippen molar-refractivity contribution in [2.75, 3.05) is 5.88 Å². The van der Waals surface area contributed by atoms with Gasteiger partial charge in [-0.15, -0.1) is 18.0 Å². The van der Waals surface area contributed by atoms with Gasteiger partial charge >= 0.3 is 0 Å². The van der Waals surface area contributed by atoms with Crippen molar-refractivity contribution >= 4 is 11.6 Å². The molecule has 2 rings (SSSR count). The number of benzene rings is 1. The van der Waals surface area contributed by atoms with Crippen LogP contribution in [0.25, 0.3) is 0 Å². The van der Waals surface area contributed by atoms with Crippen molar-refractivity contribution in [3.8, 4) is 12.3 Å². The third-order valence-electron chi connectivity index (χ3n) is 3.18. The van der Waals surface area contributed by atoms with E-state index in [2.05, 4.69) is 10.9 Å². The van der Waals surface area contributed by atoms with Crippen molar-refractivity contribution in [1.82, 2.24) is 4.98 Å². The molecule has 0 amide bonds. The van der Waals surface area contributed by atoms with Crippen LogP contribution in [0.3, 0.4) is 0 Å². The molecule has 3 heteroatoms. The van der Waals surface area contributed by atoms with Crippen LogP contribution < -0.4 is 0 Å². The molecule has 1 aromatic heterocycles. The summed E-state index contributed by atoms with van der Waals surface area (Å²) in [5.41, 5.74) is 0.0194. The molecule has 2 atom stereocenters. The Hall–Kier alpha value is -1.82.